The van der Waals surface area contributed by atoms with Gasteiger partial charge >= 0.3 is 0 Å². The summed E-state index contributed by atoms with van der Waals surface area (Å²) < 4.78 is 40.6. The van der Waals surface area contributed by atoms with Crippen molar-refractivity contribution in [1.29, 1.82) is 0 Å². The first-order valence-corrected chi connectivity index (χ1v) is 7.91. The van der Waals surface area contributed by atoms with Crippen molar-refractivity contribution >= 4 is 37.3 Å². The first-order valence-electron chi connectivity index (χ1n) is 5.63. The Labute approximate surface area is 125 Å². The number of halogens is 2. The molecule has 0 amide bonds. The average Bonchev–Trinajstić information content (AvgIpc) is 2.37. The maximum atomic E-state index is 13.1. The molecular formula is C13H12BrFN2O2S. The molecule has 0 saturated carbocycles. The molecule has 0 atom stereocenters. The molecular weight excluding hydrogens is 347 g/mol. The highest BCUT2D eigenvalue weighted by Crippen LogP contribution is 2.24. The van der Waals surface area contributed by atoms with Crippen molar-refractivity contribution in [3.8, 4) is 0 Å². The fourth-order valence-corrected chi connectivity index (χ4v) is 3.02. The Bertz CT molecular complexity index is 763. The summed E-state index contributed by atoms with van der Waals surface area (Å²) in [5.74, 6) is -0.651. The summed E-state index contributed by atoms with van der Waals surface area (Å²) in [5.41, 5.74) is 6.56. The zero-order valence-corrected chi connectivity index (χ0v) is 12.9. The highest BCUT2D eigenvalue weighted by molar-refractivity contribution is 9.10. The number of nitrogens with one attached hydrogen (secondary N) is 1. The molecule has 0 unspecified atom stereocenters. The minimum Gasteiger partial charge on any atom is -0.396 e. The molecule has 2 aromatic carbocycles. The Morgan fingerprint density at radius 1 is 1.20 bits per heavy atom. The lowest BCUT2D eigenvalue weighted by Crippen LogP contribution is -2.13. The largest absolute Gasteiger partial charge is 0.396 e. The van der Waals surface area contributed by atoms with Crippen molar-refractivity contribution < 1.29 is 12.8 Å². The van der Waals surface area contributed by atoms with Gasteiger partial charge in [-0.15, -0.1) is 0 Å². The van der Waals surface area contributed by atoms with E-state index in [2.05, 4.69) is 20.7 Å². The lowest BCUT2D eigenvalue weighted by molar-refractivity contribution is 0.600. The number of sulfonamides is 1. The third-order valence-corrected chi connectivity index (χ3v) is 4.94. The smallest absolute Gasteiger partial charge is 0.261 e. The van der Waals surface area contributed by atoms with E-state index >= 15 is 0 Å². The van der Waals surface area contributed by atoms with Crippen LogP contribution in [-0.2, 0) is 10.0 Å². The number of hydrogen-bond donors (Lipinski definition) is 2. The van der Waals surface area contributed by atoms with Crippen LogP contribution in [0.4, 0.5) is 15.8 Å². The summed E-state index contributed by atoms with van der Waals surface area (Å²) in [4.78, 5) is -0.0897. The van der Waals surface area contributed by atoms with Crippen LogP contribution in [0.25, 0.3) is 0 Å². The van der Waals surface area contributed by atoms with Gasteiger partial charge in [0.1, 0.15) is 5.82 Å². The Hall–Kier alpha value is -1.60. The Kier molecular flexibility index (Phi) is 4.01. The molecule has 0 aliphatic rings. The lowest BCUT2D eigenvalue weighted by Gasteiger charge is -2.10. The van der Waals surface area contributed by atoms with Gasteiger partial charge in [-0.3, -0.25) is 4.72 Å². The van der Waals surface area contributed by atoms with Gasteiger partial charge in [0.05, 0.1) is 10.6 Å². The maximum Gasteiger partial charge on any atom is 0.261 e. The van der Waals surface area contributed by atoms with E-state index < -0.39 is 15.8 Å². The highest BCUT2D eigenvalue weighted by atomic mass is 79.9. The minimum absolute atomic E-state index is 0.0897. The molecule has 0 fully saturated rings. The fourth-order valence-electron chi connectivity index (χ4n) is 1.56. The normalized spacial score (nSPS) is 11.3. The van der Waals surface area contributed by atoms with Crippen LogP contribution in [0.1, 0.15) is 5.56 Å². The van der Waals surface area contributed by atoms with E-state index in [-0.39, 0.29) is 10.6 Å². The van der Waals surface area contributed by atoms with Crippen molar-refractivity contribution in [3.05, 3.63) is 52.3 Å². The number of hydrogen-bond acceptors (Lipinski definition) is 3. The van der Waals surface area contributed by atoms with Crippen LogP contribution in [0.15, 0.2) is 45.8 Å². The third kappa shape index (κ3) is 3.10. The van der Waals surface area contributed by atoms with Crippen LogP contribution < -0.4 is 10.5 Å². The molecule has 0 radical (unpaired) electrons. The van der Waals surface area contributed by atoms with Gasteiger partial charge in [-0.2, -0.15) is 0 Å². The van der Waals surface area contributed by atoms with Gasteiger partial charge in [-0.05, 0) is 42.8 Å². The van der Waals surface area contributed by atoms with Crippen LogP contribution in [0, 0.1) is 12.7 Å². The number of rotatable bonds is 3. The van der Waals surface area contributed by atoms with Crippen molar-refractivity contribution in [2.75, 3.05) is 10.5 Å². The van der Waals surface area contributed by atoms with Crippen molar-refractivity contribution in [2.24, 2.45) is 0 Å². The molecule has 0 aliphatic carbocycles. The van der Waals surface area contributed by atoms with Gasteiger partial charge in [0.2, 0.25) is 0 Å². The summed E-state index contributed by atoms with van der Waals surface area (Å²) in [7, 11) is -3.80. The molecule has 2 aromatic rings. The van der Waals surface area contributed by atoms with Crippen molar-refractivity contribution in [2.45, 2.75) is 11.8 Å². The second-order valence-electron chi connectivity index (χ2n) is 4.25. The van der Waals surface area contributed by atoms with E-state index in [4.69, 9.17) is 5.73 Å². The summed E-state index contributed by atoms with van der Waals surface area (Å²) in [6.07, 6.45) is 0. The van der Waals surface area contributed by atoms with Crippen molar-refractivity contribution in [3.63, 3.8) is 0 Å². The predicted molar refractivity (Wildman–Crippen MR) is 80.5 cm³/mol. The Morgan fingerprint density at radius 2 is 1.90 bits per heavy atom. The zero-order valence-electron chi connectivity index (χ0n) is 10.5. The standard InChI is InChI=1S/C13H12BrFN2O2S/c1-8-2-3-9(6-11(8)14)17-20(18,19)10-4-5-12(15)13(16)7-10/h2-7,17H,16H2,1H3. The molecule has 0 bridgehead atoms. The predicted octanol–water partition coefficient (Wildman–Crippen LogP) is 3.28. The van der Waals surface area contributed by atoms with Gasteiger partial charge in [0.25, 0.3) is 10.0 Å². The first-order chi connectivity index (χ1) is 9.29. The SMILES string of the molecule is Cc1ccc(NS(=O)(=O)c2ccc(F)c(N)c2)cc1Br. The van der Waals surface area contributed by atoms with Gasteiger partial charge in [0, 0.05) is 10.2 Å². The molecule has 0 saturated heterocycles. The Morgan fingerprint density at radius 3 is 2.50 bits per heavy atom. The summed E-state index contributed by atoms with van der Waals surface area (Å²) in [6, 6.07) is 8.35. The second kappa shape index (κ2) is 5.41. The molecule has 7 heteroatoms. The van der Waals surface area contributed by atoms with Gasteiger partial charge in [0.15, 0.2) is 0 Å². The van der Waals surface area contributed by atoms with Crippen LogP contribution in [0.3, 0.4) is 0 Å². The molecule has 0 spiro atoms. The van der Waals surface area contributed by atoms with E-state index in [0.717, 1.165) is 28.2 Å². The Balaban J connectivity index is 2.35. The van der Waals surface area contributed by atoms with E-state index in [1.165, 1.54) is 0 Å². The van der Waals surface area contributed by atoms with Crippen molar-refractivity contribution in [1.82, 2.24) is 0 Å². The number of nitrogens with two attached hydrogens (primary N) is 1. The second-order valence-corrected chi connectivity index (χ2v) is 6.79. The van der Waals surface area contributed by atoms with E-state index in [1.807, 2.05) is 6.92 Å². The molecule has 0 heterocycles. The van der Waals surface area contributed by atoms with Gasteiger partial charge in [-0.25, -0.2) is 12.8 Å². The summed E-state index contributed by atoms with van der Waals surface area (Å²) >= 11 is 3.33. The number of aryl methyl sites for hydroxylation is 1. The molecule has 20 heavy (non-hydrogen) atoms. The van der Waals surface area contributed by atoms with Gasteiger partial charge < -0.3 is 5.73 Å². The van der Waals surface area contributed by atoms with E-state index in [9.17, 15) is 12.8 Å². The molecule has 2 rings (SSSR count). The molecule has 0 aliphatic heterocycles. The topological polar surface area (TPSA) is 72.2 Å². The summed E-state index contributed by atoms with van der Waals surface area (Å²) in [6.45, 7) is 1.89. The minimum atomic E-state index is -3.80. The van der Waals surface area contributed by atoms with Crippen LogP contribution in [0.2, 0.25) is 0 Å². The molecule has 3 N–H and O–H groups in total. The van der Waals surface area contributed by atoms with Gasteiger partial charge in [-0.1, -0.05) is 22.0 Å². The molecule has 0 aromatic heterocycles. The van der Waals surface area contributed by atoms with Crippen LogP contribution in [0.5, 0.6) is 0 Å². The average molecular weight is 359 g/mol. The lowest BCUT2D eigenvalue weighted by atomic mass is 10.2. The number of nitrogen functional groups attached to an aromatic ring is 1. The first kappa shape index (κ1) is 14.8. The number of anilines is 2. The third-order valence-electron chi connectivity index (χ3n) is 2.70. The fraction of sp³-hybridized carbons (Fsp3) is 0.0769. The van der Waals surface area contributed by atoms with Crippen LogP contribution in [-0.4, -0.2) is 8.42 Å². The monoisotopic (exact) mass is 358 g/mol. The maximum absolute atomic E-state index is 13.1. The zero-order chi connectivity index (χ0) is 14.9. The summed E-state index contributed by atoms with van der Waals surface area (Å²) in [5, 5.41) is 0. The quantitative estimate of drug-likeness (QED) is 0.827. The molecule has 106 valence electrons. The highest BCUT2D eigenvalue weighted by Gasteiger charge is 2.16. The van der Waals surface area contributed by atoms with E-state index in [1.54, 1.807) is 18.2 Å². The molecule has 4 nitrogen and oxygen atoms in total. The van der Waals surface area contributed by atoms with Crippen LogP contribution >= 0.6 is 15.9 Å². The van der Waals surface area contributed by atoms with E-state index in [0.29, 0.717) is 5.69 Å². The number of benzene rings is 2.